The summed E-state index contributed by atoms with van der Waals surface area (Å²) in [5, 5.41) is 6.10. The van der Waals surface area contributed by atoms with Crippen molar-refractivity contribution in [3.8, 4) is 11.4 Å². The van der Waals surface area contributed by atoms with Gasteiger partial charge in [-0.15, -0.1) is 0 Å². The average molecular weight is 426 g/mol. The van der Waals surface area contributed by atoms with Crippen molar-refractivity contribution in [3.05, 3.63) is 52.6 Å². The predicted octanol–water partition coefficient (Wildman–Crippen LogP) is 5.77. The minimum atomic E-state index is 0.302. The molecule has 1 aliphatic carbocycles. The Morgan fingerprint density at radius 1 is 0.966 bits per heavy atom. The Bertz CT molecular complexity index is 1190. The van der Waals surface area contributed by atoms with E-state index in [-0.39, 0.29) is 0 Å². The molecule has 2 aromatic carbocycles. The van der Waals surface area contributed by atoms with Crippen LogP contribution in [-0.2, 0) is 0 Å². The van der Waals surface area contributed by atoms with Gasteiger partial charge in [0.15, 0.2) is 0 Å². The van der Waals surface area contributed by atoms with Gasteiger partial charge in [0.1, 0.15) is 5.82 Å². The lowest BCUT2D eigenvalue weighted by Crippen LogP contribution is -2.33. The highest BCUT2D eigenvalue weighted by Crippen LogP contribution is 2.36. The molecule has 2 aromatic heterocycles. The number of imidazole rings is 1. The Morgan fingerprint density at radius 2 is 1.69 bits per heavy atom. The number of fused-ring (bicyclic) bond motifs is 2. The summed E-state index contributed by atoms with van der Waals surface area (Å²) in [7, 11) is 0. The van der Waals surface area contributed by atoms with Crippen LogP contribution in [0.3, 0.4) is 0 Å². The summed E-state index contributed by atoms with van der Waals surface area (Å²) < 4.78 is 0. The zero-order chi connectivity index (χ0) is 20.0. The van der Waals surface area contributed by atoms with E-state index in [1.165, 1.54) is 0 Å². The van der Waals surface area contributed by atoms with Gasteiger partial charge in [-0.2, -0.15) is 0 Å². The molecule has 0 atom stereocenters. The lowest BCUT2D eigenvalue weighted by Gasteiger charge is -2.28. The number of benzene rings is 2. The zero-order valence-electron chi connectivity index (χ0n) is 15.8. The number of rotatable bonds is 3. The summed E-state index contributed by atoms with van der Waals surface area (Å²) in [6.07, 6.45) is 6.01. The van der Waals surface area contributed by atoms with Crippen LogP contribution in [0.15, 0.2) is 42.6 Å². The van der Waals surface area contributed by atoms with E-state index in [1.807, 2.05) is 42.6 Å². The number of H-pyrrole nitrogens is 1. The number of nitrogens with two attached hydrogens (primary N) is 1. The fourth-order valence-electron chi connectivity index (χ4n) is 4.08. The van der Waals surface area contributed by atoms with Crippen LogP contribution in [0.4, 0.5) is 5.69 Å². The van der Waals surface area contributed by atoms with Gasteiger partial charge in [0, 0.05) is 33.7 Å². The number of nitrogens with one attached hydrogen (secondary N) is 2. The number of halogens is 2. The zero-order valence-corrected chi connectivity index (χ0v) is 17.3. The monoisotopic (exact) mass is 425 g/mol. The van der Waals surface area contributed by atoms with Crippen molar-refractivity contribution in [2.24, 2.45) is 5.73 Å². The first-order chi connectivity index (χ1) is 14.1. The normalized spacial score (nSPS) is 19.7. The molecule has 0 radical (unpaired) electrons. The molecule has 0 saturated heterocycles. The molecule has 148 valence electrons. The van der Waals surface area contributed by atoms with Gasteiger partial charge in [0.05, 0.1) is 27.8 Å². The smallest absolute Gasteiger partial charge is 0.142 e. The lowest BCUT2D eigenvalue weighted by atomic mass is 9.91. The second-order valence-corrected chi connectivity index (χ2v) is 8.58. The van der Waals surface area contributed by atoms with E-state index >= 15 is 0 Å². The average Bonchev–Trinajstić information content (AvgIpc) is 3.13. The SMILES string of the molecule is NC1CCC(Nc2c(-c3nc4ccc(Cl)cc4[nH]3)cnc3ccc(Cl)cc23)CC1. The molecule has 0 spiro atoms. The molecule has 0 unspecified atom stereocenters. The van der Waals surface area contributed by atoms with Crippen molar-refractivity contribution >= 4 is 50.8 Å². The number of pyridine rings is 1. The second kappa shape index (κ2) is 7.48. The molecular formula is C22H21Cl2N5. The quantitative estimate of drug-likeness (QED) is 0.389. The van der Waals surface area contributed by atoms with Crippen molar-refractivity contribution in [1.82, 2.24) is 15.0 Å². The molecule has 5 rings (SSSR count). The van der Waals surface area contributed by atoms with Gasteiger partial charge in [0.25, 0.3) is 0 Å². The van der Waals surface area contributed by atoms with E-state index in [0.717, 1.165) is 64.7 Å². The maximum Gasteiger partial charge on any atom is 0.142 e. The van der Waals surface area contributed by atoms with Crippen molar-refractivity contribution in [2.45, 2.75) is 37.8 Å². The minimum absolute atomic E-state index is 0.302. The first-order valence-corrected chi connectivity index (χ1v) is 10.6. The molecule has 5 nitrogen and oxygen atoms in total. The van der Waals surface area contributed by atoms with E-state index < -0.39 is 0 Å². The van der Waals surface area contributed by atoms with Crippen LogP contribution in [0.5, 0.6) is 0 Å². The highest BCUT2D eigenvalue weighted by molar-refractivity contribution is 6.31. The maximum absolute atomic E-state index is 6.32. The molecule has 1 aliphatic rings. The molecule has 4 aromatic rings. The fourth-order valence-corrected chi connectivity index (χ4v) is 4.42. The van der Waals surface area contributed by atoms with Crippen molar-refractivity contribution in [1.29, 1.82) is 0 Å². The van der Waals surface area contributed by atoms with E-state index in [4.69, 9.17) is 33.9 Å². The summed E-state index contributed by atoms with van der Waals surface area (Å²) >= 11 is 12.5. The predicted molar refractivity (Wildman–Crippen MR) is 121 cm³/mol. The standard InChI is InChI=1S/C22H21Cl2N5/c23-12-1-7-18-16(9-12)21(27-15-5-3-14(25)4-6-15)17(11-26-18)22-28-19-8-2-13(24)10-20(19)29-22/h1-2,7-11,14-15H,3-6,25H2,(H,26,27)(H,28,29). The molecular weight excluding hydrogens is 405 g/mol. The third-order valence-corrected chi connectivity index (χ3v) is 6.12. The van der Waals surface area contributed by atoms with Crippen LogP contribution in [0.2, 0.25) is 10.0 Å². The topological polar surface area (TPSA) is 79.6 Å². The summed E-state index contributed by atoms with van der Waals surface area (Å²) in [6.45, 7) is 0. The Hall–Kier alpha value is -2.34. The molecule has 29 heavy (non-hydrogen) atoms. The van der Waals surface area contributed by atoms with E-state index in [2.05, 4.69) is 15.3 Å². The van der Waals surface area contributed by atoms with Crippen LogP contribution < -0.4 is 11.1 Å². The van der Waals surface area contributed by atoms with Crippen LogP contribution >= 0.6 is 23.2 Å². The molecule has 1 saturated carbocycles. The van der Waals surface area contributed by atoms with Crippen LogP contribution in [0.1, 0.15) is 25.7 Å². The lowest BCUT2D eigenvalue weighted by molar-refractivity contribution is 0.411. The summed E-state index contributed by atoms with van der Waals surface area (Å²) in [5.41, 5.74) is 10.7. The Morgan fingerprint density at radius 3 is 2.48 bits per heavy atom. The van der Waals surface area contributed by atoms with Gasteiger partial charge in [-0.3, -0.25) is 4.98 Å². The van der Waals surface area contributed by atoms with Gasteiger partial charge >= 0.3 is 0 Å². The van der Waals surface area contributed by atoms with Crippen molar-refractivity contribution < 1.29 is 0 Å². The van der Waals surface area contributed by atoms with Crippen LogP contribution in [0, 0.1) is 0 Å². The first kappa shape index (κ1) is 18.7. The molecule has 0 aliphatic heterocycles. The largest absolute Gasteiger partial charge is 0.381 e. The molecule has 2 heterocycles. The third-order valence-electron chi connectivity index (χ3n) is 5.65. The highest BCUT2D eigenvalue weighted by Gasteiger charge is 2.22. The summed E-state index contributed by atoms with van der Waals surface area (Å²) in [5.74, 6) is 0.756. The number of nitrogens with zero attached hydrogens (tertiary/aromatic N) is 2. The number of aromatic amines is 1. The molecule has 1 fully saturated rings. The van der Waals surface area contributed by atoms with Crippen molar-refractivity contribution in [2.75, 3.05) is 5.32 Å². The van der Waals surface area contributed by atoms with Gasteiger partial charge in [0.2, 0.25) is 0 Å². The number of hydrogen-bond donors (Lipinski definition) is 3. The van der Waals surface area contributed by atoms with E-state index in [0.29, 0.717) is 22.1 Å². The molecule has 4 N–H and O–H groups in total. The first-order valence-electron chi connectivity index (χ1n) is 9.83. The van der Waals surface area contributed by atoms with Crippen LogP contribution in [-0.4, -0.2) is 27.0 Å². The van der Waals surface area contributed by atoms with Gasteiger partial charge in [-0.25, -0.2) is 4.98 Å². The number of hydrogen-bond acceptors (Lipinski definition) is 4. The van der Waals surface area contributed by atoms with Crippen LogP contribution in [0.25, 0.3) is 33.3 Å². The Labute approximate surface area is 178 Å². The molecule has 7 heteroatoms. The Balaban J connectivity index is 1.65. The van der Waals surface area contributed by atoms with Gasteiger partial charge in [-0.05, 0) is 62.1 Å². The number of anilines is 1. The van der Waals surface area contributed by atoms with E-state index in [9.17, 15) is 0 Å². The van der Waals surface area contributed by atoms with Gasteiger partial charge in [-0.1, -0.05) is 23.2 Å². The Kier molecular flexibility index (Phi) is 4.82. The summed E-state index contributed by atoms with van der Waals surface area (Å²) in [4.78, 5) is 12.8. The maximum atomic E-state index is 6.32. The molecule has 0 amide bonds. The number of aromatic nitrogens is 3. The third kappa shape index (κ3) is 3.66. The highest BCUT2D eigenvalue weighted by atomic mass is 35.5. The van der Waals surface area contributed by atoms with Crippen molar-refractivity contribution in [3.63, 3.8) is 0 Å². The second-order valence-electron chi connectivity index (χ2n) is 7.71. The summed E-state index contributed by atoms with van der Waals surface area (Å²) in [6, 6.07) is 12.1. The van der Waals surface area contributed by atoms with Gasteiger partial charge < -0.3 is 16.0 Å². The fraction of sp³-hybridized carbons (Fsp3) is 0.273. The molecule has 0 bridgehead atoms. The van der Waals surface area contributed by atoms with E-state index in [1.54, 1.807) is 0 Å². The minimum Gasteiger partial charge on any atom is -0.381 e.